The minimum atomic E-state index is -2.67. The van der Waals surface area contributed by atoms with Crippen LogP contribution in [0.15, 0.2) is 162 Å². The maximum absolute atomic E-state index is 6.71. The van der Waals surface area contributed by atoms with Crippen LogP contribution in [0.3, 0.4) is 0 Å². The predicted molar refractivity (Wildman–Crippen MR) is 186 cm³/mol. The fraction of sp³-hybridized carbons (Fsp3) is 0.0278. The third-order valence-corrected chi connectivity index (χ3v) is 15.0. The van der Waals surface area contributed by atoms with E-state index in [1.54, 1.807) is 24.5 Å². The summed E-state index contributed by atoms with van der Waals surface area (Å²) in [4.78, 5) is 0. The van der Waals surface area contributed by atoms with Crippen molar-refractivity contribution in [3.63, 3.8) is 0 Å². The molecular weight excluding hydrogens is 579 g/mol. The van der Waals surface area contributed by atoms with E-state index < -0.39 is 7.22 Å². The van der Waals surface area contributed by atoms with E-state index in [2.05, 4.69) is 83.0 Å². The summed E-state index contributed by atoms with van der Waals surface area (Å²) in [6.07, 6.45) is 3.67. The van der Waals surface area contributed by atoms with Crippen LogP contribution in [0.1, 0.15) is 5.56 Å². The van der Waals surface area contributed by atoms with E-state index >= 15 is 0 Å². The molecule has 0 aliphatic carbocycles. The lowest BCUT2D eigenvalue weighted by Crippen LogP contribution is -2.65. The third-order valence-electron chi connectivity index (χ3n) is 7.28. The molecule has 0 bridgehead atoms. The van der Waals surface area contributed by atoms with Crippen molar-refractivity contribution in [2.75, 3.05) is 7.11 Å². The van der Waals surface area contributed by atoms with Crippen molar-refractivity contribution in [3.05, 3.63) is 157 Å². The molecule has 1 heterocycles. The number of nitrogens with zero attached hydrogens (tertiary/aromatic N) is 4. The van der Waals surface area contributed by atoms with Crippen molar-refractivity contribution < 1.29 is 4.74 Å². The van der Waals surface area contributed by atoms with Crippen LogP contribution in [-0.4, -0.2) is 35.5 Å². The van der Waals surface area contributed by atoms with E-state index in [4.69, 9.17) is 15.6 Å². The quantitative estimate of drug-likeness (QED) is 0.0762. The Morgan fingerprint density at radius 1 is 0.727 bits per heavy atom. The number of hydrogen-bond donors (Lipinski definition) is 1. The summed E-state index contributed by atoms with van der Waals surface area (Å²) in [5, 5.41) is 18.0. The molecule has 5 aromatic carbocycles. The molecule has 0 fully saturated rings. The maximum Gasteiger partial charge on any atom is 0.218 e. The van der Waals surface area contributed by atoms with Crippen LogP contribution < -0.4 is 26.0 Å². The first-order valence-electron chi connectivity index (χ1n) is 14.2. The molecule has 6 aromatic rings. The molecule has 2 N–H and O–H groups in total. The molecule has 0 atom stereocenters. The fourth-order valence-electron chi connectivity index (χ4n) is 5.19. The minimum absolute atomic E-state index is 0.394. The van der Waals surface area contributed by atoms with E-state index in [0.717, 1.165) is 28.3 Å². The molecule has 0 amide bonds. The Hall–Kier alpha value is -5.18. The first-order chi connectivity index (χ1) is 21.7. The lowest BCUT2D eigenvalue weighted by molar-refractivity contribution is 0.415. The van der Waals surface area contributed by atoms with Gasteiger partial charge in [-0.15, -0.1) is 5.10 Å². The zero-order valence-electron chi connectivity index (χ0n) is 24.2. The molecular formula is C36H31N5OSSi. The fourth-order valence-corrected chi connectivity index (χ4v) is 12.3. The standard InChI is InChI=1S/C36H31N5OSSi/c1-42-31-24-22-28(23-25-31)35-29(27-41(40-35)30-14-6-2-7-15-30)26-38-39-36(37)43-44(32-16-8-3-9-17-32,33-18-10-4-11-19-33)34-20-12-5-13-21-34/h2-27H,1H3,(H2,37,39)/b38-26+. The summed E-state index contributed by atoms with van der Waals surface area (Å²) < 4.78 is 7.20. The van der Waals surface area contributed by atoms with E-state index in [0.29, 0.717) is 5.17 Å². The average Bonchev–Trinajstić information content (AvgIpc) is 3.53. The van der Waals surface area contributed by atoms with Gasteiger partial charge >= 0.3 is 0 Å². The monoisotopic (exact) mass is 609 g/mol. The van der Waals surface area contributed by atoms with Crippen LogP contribution in [0.2, 0.25) is 0 Å². The van der Waals surface area contributed by atoms with Gasteiger partial charge in [0.15, 0.2) is 5.17 Å². The Balaban J connectivity index is 1.39. The number of rotatable bonds is 9. The van der Waals surface area contributed by atoms with E-state index in [-0.39, 0.29) is 0 Å². The van der Waals surface area contributed by atoms with Crippen molar-refractivity contribution in [1.29, 1.82) is 0 Å². The number of hydrogen-bond acceptors (Lipinski definition) is 5. The molecule has 6 nitrogen and oxygen atoms in total. The summed E-state index contributed by atoms with van der Waals surface area (Å²) >= 11 is 1.61. The Kier molecular flexibility index (Phi) is 8.81. The number of methoxy groups -OCH3 is 1. The van der Waals surface area contributed by atoms with Crippen LogP contribution in [0, 0.1) is 0 Å². The lowest BCUT2D eigenvalue weighted by atomic mass is 10.1. The minimum Gasteiger partial charge on any atom is -0.497 e. The van der Waals surface area contributed by atoms with E-state index in [9.17, 15) is 0 Å². The largest absolute Gasteiger partial charge is 0.497 e. The van der Waals surface area contributed by atoms with Crippen LogP contribution in [0.4, 0.5) is 0 Å². The van der Waals surface area contributed by atoms with Crippen molar-refractivity contribution >= 4 is 45.4 Å². The Morgan fingerprint density at radius 3 is 1.73 bits per heavy atom. The Bertz CT molecular complexity index is 1760. The molecule has 6 rings (SSSR count). The number of aromatic nitrogens is 2. The van der Waals surface area contributed by atoms with Gasteiger partial charge in [0.25, 0.3) is 0 Å². The van der Waals surface area contributed by atoms with Gasteiger partial charge in [0.1, 0.15) is 11.4 Å². The van der Waals surface area contributed by atoms with Crippen molar-refractivity contribution in [1.82, 2.24) is 9.78 Å². The zero-order chi connectivity index (χ0) is 30.2. The Labute approximate surface area is 262 Å². The summed E-state index contributed by atoms with van der Waals surface area (Å²) in [5.41, 5.74) is 10.2. The first-order valence-corrected chi connectivity index (χ1v) is 17.7. The molecule has 8 heteroatoms. The summed E-state index contributed by atoms with van der Waals surface area (Å²) in [6, 6.07) is 49.6. The van der Waals surface area contributed by atoms with Crippen LogP contribution in [0.25, 0.3) is 16.9 Å². The maximum atomic E-state index is 6.71. The van der Waals surface area contributed by atoms with Crippen molar-refractivity contribution in [3.8, 4) is 22.7 Å². The summed E-state index contributed by atoms with van der Waals surface area (Å²) in [6.45, 7) is 0. The van der Waals surface area contributed by atoms with Gasteiger partial charge in [-0.3, -0.25) is 0 Å². The second kappa shape index (κ2) is 13.4. The van der Waals surface area contributed by atoms with Crippen molar-refractivity contribution in [2.45, 2.75) is 0 Å². The second-order valence-electron chi connectivity index (χ2n) is 10.0. The van der Waals surface area contributed by atoms with E-state index in [1.165, 1.54) is 15.6 Å². The average molecular weight is 610 g/mol. The number of amidine groups is 1. The highest BCUT2D eigenvalue weighted by Gasteiger charge is 2.41. The van der Waals surface area contributed by atoms with Gasteiger partial charge < -0.3 is 10.5 Å². The van der Waals surface area contributed by atoms with Gasteiger partial charge in [0.2, 0.25) is 7.22 Å². The predicted octanol–water partition coefficient (Wildman–Crippen LogP) is 5.60. The van der Waals surface area contributed by atoms with Gasteiger partial charge in [0.05, 0.1) is 19.0 Å². The lowest BCUT2D eigenvalue weighted by Gasteiger charge is -2.32. The third kappa shape index (κ3) is 6.12. The second-order valence-corrected chi connectivity index (χ2v) is 16.2. The molecule has 0 radical (unpaired) electrons. The first kappa shape index (κ1) is 28.9. The SMILES string of the molecule is COc1ccc(-c2nn(-c3ccccc3)cc2/C=N/N=C(/N)S[Si](c2ccccc2)(c2ccccc2)c2ccccc2)cc1. The number of ether oxygens (including phenoxy) is 1. The zero-order valence-corrected chi connectivity index (χ0v) is 26.0. The van der Waals surface area contributed by atoms with Crippen LogP contribution >= 0.6 is 11.2 Å². The molecule has 0 aliphatic heterocycles. The smallest absolute Gasteiger partial charge is 0.218 e. The summed E-state index contributed by atoms with van der Waals surface area (Å²) in [5.74, 6) is 0.781. The van der Waals surface area contributed by atoms with Crippen molar-refractivity contribution in [2.24, 2.45) is 15.9 Å². The van der Waals surface area contributed by atoms with Gasteiger partial charge in [-0.25, -0.2) is 4.68 Å². The van der Waals surface area contributed by atoms with Crippen LogP contribution in [0.5, 0.6) is 5.75 Å². The van der Waals surface area contributed by atoms with Gasteiger partial charge in [-0.05, 0) is 52.0 Å². The molecule has 1 aromatic heterocycles. The highest BCUT2D eigenvalue weighted by atomic mass is 32.4. The molecule has 44 heavy (non-hydrogen) atoms. The number of nitrogens with two attached hydrogens (primary N) is 1. The molecule has 0 unspecified atom stereocenters. The molecule has 0 saturated carbocycles. The Morgan fingerprint density at radius 2 is 1.23 bits per heavy atom. The normalized spacial score (nSPS) is 12.0. The van der Waals surface area contributed by atoms with E-state index in [1.807, 2.05) is 83.7 Å². The van der Waals surface area contributed by atoms with Gasteiger partial charge in [-0.1, -0.05) is 120 Å². The molecule has 0 spiro atoms. The van der Waals surface area contributed by atoms with Crippen LogP contribution in [-0.2, 0) is 0 Å². The molecule has 0 aliphatic rings. The molecule has 216 valence electrons. The number of para-hydroxylation sites is 1. The highest BCUT2D eigenvalue weighted by Crippen LogP contribution is 2.26. The number of benzene rings is 5. The molecule has 0 saturated heterocycles. The summed E-state index contributed by atoms with van der Waals surface area (Å²) in [7, 11) is -1.01. The van der Waals surface area contributed by atoms with Gasteiger partial charge in [0, 0.05) is 17.3 Å². The highest BCUT2D eigenvalue weighted by molar-refractivity contribution is 8.42. The topological polar surface area (TPSA) is 77.8 Å². The van der Waals surface area contributed by atoms with Gasteiger partial charge in [-0.2, -0.15) is 10.2 Å².